The molecule has 2 nitrogen and oxygen atoms in total. The van der Waals surface area contributed by atoms with Crippen LogP contribution >= 0.6 is 22.9 Å². The second kappa shape index (κ2) is 4.95. The summed E-state index contributed by atoms with van der Waals surface area (Å²) in [5, 5.41) is 1.83. The number of thiazole rings is 1. The molecular weight excluding hydrogens is 240 g/mol. The Morgan fingerprint density at radius 1 is 1.31 bits per heavy atom. The second-order valence-electron chi connectivity index (χ2n) is 3.55. The Labute approximate surface area is 104 Å². The minimum atomic E-state index is 0.629. The fourth-order valence-electron chi connectivity index (χ4n) is 1.60. The number of hydrogen-bond donors (Lipinski definition) is 1. The Hall–Kier alpha value is -0.900. The van der Waals surface area contributed by atoms with Gasteiger partial charge in [0.05, 0.1) is 15.6 Å². The molecule has 0 unspecified atom stereocenters. The summed E-state index contributed by atoms with van der Waals surface area (Å²) < 4.78 is 0. The number of aromatic nitrogens is 1. The van der Waals surface area contributed by atoms with Gasteiger partial charge in [0.2, 0.25) is 0 Å². The number of aryl methyl sites for hydroxylation is 1. The van der Waals surface area contributed by atoms with Crippen molar-refractivity contribution in [2.45, 2.75) is 13.3 Å². The molecule has 0 amide bonds. The molecular formula is C12H13ClN2S. The van der Waals surface area contributed by atoms with Crippen LogP contribution in [0.15, 0.2) is 24.3 Å². The molecule has 0 aliphatic carbocycles. The summed E-state index contributed by atoms with van der Waals surface area (Å²) in [5.41, 5.74) is 7.84. The van der Waals surface area contributed by atoms with Crippen molar-refractivity contribution >= 4 is 22.9 Å². The van der Waals surface area contributed by atoms with Crippen molar-refractivity contribution in [3.63, 3.8) is 0 Å². The van der Waals surface area contributed by atoms with E-state index in [2.05, 4.69) is 4.98 Å². The zero-order valence-corrected chi connectivity index (χ0v) is 10.6. The van der Waals surface area contributed by atoms with Crippen molar-refractivity contribution in [1.29, 1.82) is 0 Å². The Balaban J connectivity index is 2.42. The molecule has 2 aromatic rings. The zero-order valence-electron chi connectivity index (χ0n) is 9.03. The van der Waals surface area contributed by atoms with Gasteiger partial charge in [0, 0.05) is 11.4 Å². The molecule has 0 radical (unpaired) electrons. The van der Waals surface area contributed by atoms with Crippen molar-refractivity contribution in [2.24, 2.45) is 5.73 Å². The van der Waals surface area contributed by atoms with Gasteiger partial charge in [-0.1, -0.05) is 23.7 Å². The third-order valence-corrected chi connectivity index (χ3v) is 3.61. The lowest BCUT2D eigenvalue weighted by Gasteiger charge is -2.01. The van der Waals surface area contributed by atoms with Crippen molar-refractivity contribution in [2.75, 3.05) is 6.54 Å². The fourth-order valence-corrected chi connectivity index (χ4v) is 2.70. The summed E-state index contributed by atoms with van der Waals surface area (Å²) >= 11 is 7.58. The van der Waals surface area contributed by atoms with Gasteiger partial charge in [0.1, 0.15) is 0 Å². The molecule has 16 heavy (non-hydrogen) atoms. The van der Waals surface area contributed by atoms with E-state index < -0.39 is 0 Å². The second-order valence-corrected chi connectivity index (χ2v) is 5.19. The van der Waals surface area contributed by atoms with Crippen molar-refractivity contribution in [3.8, 4) is 10.4 Å². The Kier molecular flexibility index (Phi) is 3.59. The molecule has 1 heterocycles. The van der Waals surface area contributed by atoms with E-state index in [0.29, 0.717) is 6.54 Å². The van der Waals surface area contributed by atoms with Crippen LogP contribution in [-0.2, 0) is 6.42 Å². The number of hydrogen-bond acceptors (Lipinski definition) is 3. The van der Waals surface area contributed by atoms with E-state index in [1.165, 1.54) is 10.4 Å². The minimum Gasteiger partial charge on any atom is -0.330 e. The molecule has 84 valence electrons. The van der Waals surface area contributed by atoms with E-state index >= 15 is 0 Å². The monoisotopic (exact) mass is 252 g/mol. The van der Waals surface area contributed by atoms with Crippen LogP contribution in [0.1, 0.15) is 10.7 Å². The quantitative estimate of drug-likeness (QED) is 0.911. The van der Waals surface area contributed by atoms with E-state index in [1.807, 2.05) is 31.2 Å². The fraction of sp³-hybridized carbons (Fsp3) is 0.250. The van der Waals surface area contributed by atoms with Gasteiger partial charge in [-0.05, 0) is 31.2 Å². The van der Waals surface area contributed by atoms with Gasteiger partial charge < -0.3 is 5.73 Å². The lowest BCUT2D eigenvalue weighted by Crippen LogP contribution is -2.03. The Bertz CT molecular complexity index is 476. The summed E-state index contributed by atoms with van der Waals surface area (Å²) in [7, 11) is 0. The number of rotatable bonds is 3. The highest BCUT2D eigenvalue weighted by Crippen LogP contribution is 2.31. The molecule has 1 aromatic heterocycles. The predicted octanol–water partition coefficient (Wildman–Crippen LogP) is 3.27. The molecule has 0 aliphatic heterocycles. The molecule has 0 saturated heterocycles. The molecule has 0 bridgehead atoms. The van der Waals surface area contributed by atoms with Crippen LogP contribution in [0, 0.1) is 6.92 Å². The average Bonchev–Trinajstić information content (AvgIpc) is 2.61. The molecule has 0 atom stereocenters. The third-order valence-electron chi connectivity index (χ3n) is 2.29. The van der Waals surface area contributed by atoms with Crippen LogP contribution in [0.3, 0.4) is 0 Å². The molecule has 0 spiro atoms. The summed E-state index contributed by atoms with van der Waals surface area (Å²) in [6, 6.07) is 7.85. The minimum absolute atomic E-state index is 0.629. The van der Waals surface area contributed by atoms with E-state index in [9.17, 15) is 0 Å². The van der Waals surface area contributed by atoms with Gasteiger partial charge >= 0.3 is 0 Å². The van der Waals surface area contributed by atoms with Crippen molar-refractivity contribution in [1.82, 2.24) is 4.98 Å². The van der Waals surface area contributed by atoms with Crippen LogP contribution < -0.4 is 5.73 Å². The van der Waals surface area contributed by atoms with Crippen LogP contribution in [0.2, 0.25) is 5.02 Å². The highest BCUT2D eigenvalue weighted by atomic mass is 35.5. The zero-order chi connectivity index (χ0) is 11.5. The Morgan fingerprint density at radius 3 is 2.62 bits per heavy atom. The van der Waals surface area contributed by atoms with Crippen molar-refractivity contribution in [3.05, 3.63) is 40.0 Å². The van der Waals surface area contributed by atoms with Gasteiger partial charge in [0.15, 0.2) is 0 Å². The first kappa shape index (κ1) is 11.6. The number of benzene rings is 1. The maximum atomic E-state index is 5.87. The van der Waals surface area contributed by atoms with E-state index in [-0.39, 0.29) is 0 Å². The van der Waals surface area contributed by atoms with Crippen LogP contribution in [0.4, 0.5) is 0 Å². The average molecular weight is 253 g/mol. The molecule has 0 saturated carbocycles. The van der Waals surface area contributed by atoms with Crippen LogP contribution in [0.5, 0.6) is 0 Å². The molecule has 0 fully saturated rings. The SMILES string of the molecule is Cc1nc(CCN)c(-c2ccc(Cl)cc2)s1. The van der Waals surface area contributed by atoms with Crippen LogP contribution in [-0.4, -0.2) is 11.5 Å². The molecule has 2 N–H and O–H groups in total. The number of nitrogens with two attached hydrogens (primary N) is 1. The first-order valence-corrected chi connectivity index (χ1v) is 6.32. The maximum absolute atomic E-state index is 5.87. The molecule has 4 heteroatoms. The number of halogens is 1. The van der Waals surface area contributed by atoms with Crippen molar-refractivity contribution < 1.29 is 0 Å². The highest BCUT2D eigenvalue weighted by Gasteiger charge is 2.10. The van der Waals surface area contributed by atoms with E-state index in [1.54, 1.807) is 11.3 Å². The first-order chi connectivity index (χ1) is 7.70. The molecule has 2 rings (SSSR count). The Morgan fingerprint density at radius 2 is 2.00 bits per heavy atom. The maximum Gasteiger partial charge on any atom is 0.0903 e. The van der Waals surface area contributed by atoms with Gasteiger partial charge in [-0.15, -0.1) is 11.3 Å². The largest absolute Gasteiger partial charge is 0.330 e. The topological polar surface area (TPSA) is 38.9 Å². The molecule has 1 aromatic carbocycles. The van der Waals surface area contributed by atoms with Gasteiger partial charge in [-0.25, -0.2) is 4.98 Å². The summed E-state index contributed by atoms with van der Waals surface area (Å²) in [6.45, 7) is 2.65. The summed E-state index contributed by atoms with van der Waals surface area (Å²) in [6.07, 6.45) is 0.822. The van der Waals surface area contributed by atoms with E-state index in [0.717, 1.165) is 22.1 Å². The molecule has 0 aliphatic rings. The van der Waals surface area contributed by atoms with E-state index in [4.69, 9.17) is 17.3 Å². The first-order valence-electron chi connectivity index (χ1n) is 5.13. The van der Waals surface area contributed by atoms with Gasteiger partial charge in [-0.2, -0.15) is 0 Å². The standard InChI is InChI=1S/C12H13ClN2S/c1-8-15-11(6-7-14)12(16-8)9-2-4-10(13)5-3-9/h2-5H,6-7,14H2,1H3. The summed E-state index contributed by atoms with van der Waals surface area (Å²) in [5.74, 6) is 0. The van der Waals surface area contributed by atoms with Gasteiger partial charge in [-0.3, -0.25) is 0 Å². The lowest BCUT2D eigenvalue weighted by molar-refractivity contribution is 0.931. The third kappa shape index (κ3) is 2.43. The smallest absolute Gasteiger partial charge is 0.0903 e. The highest BCUT2D eigenvalue weighted by molar-refractivity contribution is 7.15. The van der Waals surface area contributed by atoms with Gasteiger partial charge in [0.25, 0.3) is 0 Å². The predicted molar refractivity (Wildman–Crippen MR) is 70.1 cm³/mol. The summed E-state index contributed by atoms with van der Waals surface area (Å²) in [4.78, 5) is 5.71. The number of nitrogens with zero attached hydrogens (tertiary/aromatic N) is 1. The lowest BCUT2D eigenvalue weighted by atomic mass is 10.1. The normalized spacial score (nSPS) is 10.7. The van der Waals surface area contributed by atoms with Crippen LogP contribution in [0.25, 0.3) is 10.4 Å².